The highest BCUT2D eigenvalue weighted by atomic mass is 15.2. The third-order valence-electron chi connectivity index (χ3n) is 3.63. The van der Waals surface area contributed by atoms with E-state index in [1.54, 1.807) is 0 Å². The Morgan fingerprint density at radius 2 is 2.00 bits per heavy atom. The minimum atomic E-state index is 0.138. The minimum Gasteiger partial charge on any atom is -0.357 e. The van der Waals surface area contributed by atoms with Gasteiger partial charge in [-0.3, -0.25) is 0 Å². The lowest BCUT2D eigenvalue weighted by molar-refractivity contribution is 0.424. The number of anilines is 1. The molecular formula is C17H31N3. The van der Waals surface area contributed by atoms with Crippen molar-refractivity contribution in [2.24, 2.45) is 0 Å². The Balaban J connectivity index is 2.77. The van der Waals surface area contributed by atoms with Gasteiger partial charge >= 0.3 is 0 Å². The summed E-state index contributed by atoms with van der Waals surface area (Å²) in [5, 5.41) is 3.50. The number of aromatic nitrogens is 1. The maximum absolute atomic E-state index is 4.67. The predicted molar refractivity (Wildman–Crippen MR) is 88.3 cm³/mol. The van der Waals surface area contributed by atoms with Crippen LogP contribution in [0.1, 0.15) is 58.6 Å². The van der Waals surface area contributed by atoms with Crippen LogP contribution in [0.5, 0.6) is 0 Å². The number of hydrogen-bond acceptors (Lipinski definition) is 3. The molecular weight excluding hydrogens is 246 g/mol. The Morgan fingerprint density at radius 3 is 2.50 bits per heavy atom. The number of aryl methyl sites for hydroxylation is 1. The fourth-order valence-corrected chi connectivity index (χ4v) is 2.28. The maximum atomic E-state index is 4.67. The van der Waals surface area contributed by atoms with Crippen molar-refractivity contribution in [1.29, 1.82) is 0 Å². The molecule has 0 aliphatic rings. The van der Waals surface area contributed by atoms with Gasteiger partial charge in [0.25, 0.3) is 0 Å². The van der Waals surface area contributed by atoms with Crippen LogP contribution in [0.15, 0.2) is 12.3 Å². The maximum Gasteiger partial charge on any atom is 0.131 e. The predicted octanol–water partition coefficient (Wildman–Crippen LogP) is 3.90. The van der Waals surface area contributed by atoms with Crippen molar-refractivity contribution in [2.75, 3.05) is 11.9 Å². The highest BCUT2D eigenvalue weighted by Gasteiger charge is 2.14. The van der Waals surface area contributed by atoms with Gasteiger partial charge in [-0.15, -0.1) is 0 Å². The Bertz CT molecular complexity index is 421. The fraction of sp³-hybridized carbons (Fsp3) is 0.706. The Morgan fingerprint density at radius 1 is 1.35 bits per heavy atom. The van der Waals surface area contributed by atoms with Crippen LogP contribution in [0.25, 0.3) is 0 Å². The number of hydrogen-bond donors (Lipinski definition) is 1. The molecule has 1 aromatic rings. The molecule has 0 bridgehead atoms. The van der Waals surface area contributed by atoms with Gasteiger partial charge in [0.05, 0.1) is 0 Å². The minimum absolute atomic E-state index is 0.138. The summed E-state index contributed by atoms with van der Waals surface area (Å²) >= 11 is 0. The third kappa shape index (κ3) is 5.12. The van der Waals surface area contributed by atoms with Crippen LogP contribution in [0.2, 0.25) is 0 Å². The summed E-state index contributed by atoms with van der Waals surface area (Å²) in [6.45, 7) is 14.1. The van der Waals surface area contributed by atoms with E-state index in [-0.39, 0.29) is 5.54 Å². The van der Waals surface area contributed by atoms with Gasteiger partial charge in [-0.05, 0) is 58.2 Å². The Labute approximate surface area is 124 Å². The van der Waals surface area contributed by atoms with Crippen LogP contribution in [0, 0.1) is 6.92 Å². The van der Waals surface area contributed by atoms with Gasteiger partial charge in [0.15, 0.2) is 0 Å². The van der Waals surface area contributed by atoms with Crippen LogP contribution in [-0.4, -0.2) is 23.6 Å². The lowest BCUT2D eigenvalue weighted by Gasteiger charge is -2.27. The summed E-state index contributed by atoms with van der Waals surface area (Å²) in [5.41, 5.74) is 2.64. The zero-order valence-corrected chi connectivity index (χ0v) is 14.2. The van der Waals surface area contributed by atoms with Crippen LogP contribution >= 0.6 is 0 Å². The monoisotopic (exact) mass is 277 g/mol. The standard InChI is InChI=1S/C17H31N3/c1-8-9-14(3)20(7)16-13(2)10-15(11-18-16)12-19-17(4,5)6/h10-11,14,19H,8-9,12H2,1-7H3. The first-order valence-electron chi connectivity index (χ1n) is 7.68. The highest BCUT2D eigenvalue weighted by molar-refractivity contribution is 5.47. The van der Waals surface area contributed by atoms with Crippen molar-refractivity contribution in [3.05, 3.63) is 23.4 Å². The number of nitrogens with one attached hydrogen (secondary N) is 1. The largest absolute Gasteiger partial charge is 0.357 e. The van der Waals surface area contributed by atoms with E-state index >= 15 is 0 Å². The molecule has 0 aliphatic heterocycles. The highest BCUT2D eigenvalue weighted by Crippen LogP contribution is 2.20. The fourth-order valence-electron chi connectivity index (χ4n) is 2.28. The van der Waals surface area contributed by atoms with Crippen molar-refractivity contribution in [1.82, 2.24) is 10.3 Å². The van der Waals surface area contributed by atoms with Crippen LogP contribution in [-0.2, 0) is 6.54 Å². The molecule has 0 radical (unpaired) electrons. The number of pyridine rings is 1. The van der Waals surface area contributed by atoms with Crippen molar-refractivity contribution >= 4 is 5.82 Å². The molecule has 1 atom stereocenters. The molecule has 3 nitrogen and oxygen atoms in total. The normalized spacial score (nSPS) is 13.3. The molecule has 0 amide bonds. The number of nitrogens with zero attached hydrogens (tertiary/aromatic N) is 2. The molecule has 0 aromatic carbocycles. The van der Waals surface area contributed by atoms with Gasteiger partial charge in [0.2, 0.25) is 0 Å². The first kappa shape index (κ1) is 17.0. The molecule has 0 saturated carbocycles. The molecule has 1 aromatic heterocycles. The molecule has 0 saturated heterocycles. The van der Waals surface area contributed by atoms with E-state index in [1.165, 1.54) is 24.0 Å². The summed E-state index contributed by atoms with van der Waals surface area (Å²) in [4.78, 5) is 6.96. The van der Waals surface area contributed by atoms with E-state index in [2.05, 4.69) is 69.9 Å². The Kier molecular flexibility index (Phi) is 6.00. The topological polar surface area (TPSA) is 28.2 Å². The molecule has 0 aliphatic carbocycles. The van der Waals surface area contributed by atoms with E-state index < -0.39 is 0 Å². The lowest BCUT2D eigenvalue weighted by atomic mass is 10.1. The molecule has 3 heteroatoms. The first-order chi connectivity index (χ1) is 9.24. The third-order valence-corrected chi connectivity index (χ3v) is 3.63. The van der Waals surface area contributed by atoms with E-state index in [0.29, 0.717) is 6.04 Å². The first-order valence-corrected chi connectivity index (χ1v) is 7.68. The van der Waals surface area contributed by atoms with E-state index in [4.69, 9.17) is 0 Å². The zero-order chi connectivity index (χ0) is 15.3. The summed E-state index contributed by atoms with van der Waals surface area (Å²) in [6.07, 6.45) is 4.40. The van der Waals surface area contributed by atoms with E-state index in [0.717, 1.165) is 12.4 Å². The molecule has 1 heterocycles. The van der Waals surface area contributed by atoms with Gasteiger partial charge in [-0.25, -0.2) is 4.98 Å². The SMILES string of the molecule is CCCC(C)N(C)c1ncc(CNC(C)(C)C)cc1C. The second kappa shape index (κ2) is 7.07. The summed E-state index contributed by atoms with van der Waals surface area (Å²) in [5.74, 6) is 1.10. The van der Waals surface area contributed by atoms with Crippen LogP contribution in [0.4, 0.5) is 5.82 Å². The van der Waals surface area contributed by atoms with Crippen LogP contribution < -0.4 is 10.2 Å². The molecule has 0 fully saturated rings. The summed E-state index contributed by atoms with van der Waals surface area (Å²) in [6, 6.07) is 2.78. The second-order valence-corrected chi connectivity index (χ2v) is 6.84. The van der Waals surface area contributed by atoms with Gasteiger partial charge in [0, 0.05) is 31.4 Å². The van der Waals surface area contributed by atoms with E-state index in [9.17, 15) is 0 Å². The average Bonchev–Trinajstić information content (AvgIpc) is 2.35. The molecule has 1 rings (SSSR count). The van der Waals surface area contributed by atoms with Crippen molar-refractivity contribution in [2.45, 2.75) is 72.5 Å². The van der Waals surface area contributed by atoms with Gasteiger partial charge in [0.1, 0.15) is 5.82 Å². The van der Waals surface area contributed by atoms with E-state index in [1.807, 2.05) is 6.20 Å². The van der Waals surface area contributed by atoms with Crippen molar-refractivity contribution in [3.63, 3.8) is 0 Å². The molecule has 0 spiro atoms. The molecule has 1 N–H and O–H groups in total. The molecule has 20 heavy (non-hydrogen) atoms. The van der Waals surface area contributed by atoms with Gasteiger partial charge < -0.3 is 10.2 Å². The van der Waals surface area contributed by atoms with Crippen molar-refractivity contribution in [3.8, 4) is 0 Å². The molecule has 1 unspecified atom stereocenters. The zero-order valence-electron chi connectivity index (χ0n) is 14.2. The lowest BCUT2D eigenvalue weighted by Crippen LogP contribution is -2.35. The smallest absolute Gasteiger partial charge is 0.131 e. The number of rotatable bonds is 6. The molecule has 114 valence electrons. The van der Waals surface area contributed by atoms with Gasteiger partial charge in [-0.2, -0.15) is 0 Å². The van der Waals surface area contributed by atoms with Crippen molar-refractivity contribution < 1.29 is 0 Å². The second-order valence-electron chi connectivity index (χ2n) is 6.84. The average molecular weight is 277 g/mol. The Hall–Kier alpha value is -1.09. The van der Waals surface area contributed by atoms with Gasteiger partial charge in [-0.1, -0.05) is 13.3 Å². The summed E-state index contributed by atoms with van der Waals surface area (Å²) in [7, 11) is 2.14. The quantitative estimate of drug-likeness (QED) is 0.854. The van der Waals surface area contributed by atoms with Crippen LogP contribution in [0.3, 0.4) is 0 Å². The summed E-state index contributed by atoms with van der Waals surface area (Å²) < 4.78 is 0.